The maximum absolute atomic E-state index is 13.7. The summed E-state index contributed by atoms with van der Waals surface area (Å²) in [6, 6.07) is 0.302. The molecule has 1 saturated heterocycles. The van der Waals surface area contributed by atoms with Crippen LogP contribution < -0.4 is 25.3 Å². The van der Waals surface area contributed by atoms with Gasteiger partial charge in [0.25, 0.3) is 11.8 Å². The van der Waals surface area contributed by atoms with Gasteiger partial charge in [0, 0.05) is 113 Å². The second kappa shape index (κ2) is 12.9. The standard InChI is InChI=1S/C24H33F2N7O.C13H17ClF2N4/c1-13-30-31-22(34-13)32-10-14-5-6-15(11-32)17(14)7-18-28-20(27-4)19-21(29-18)33(12-23(19,2)3)16-8-24(25,26)9-16;1-12(2)6-20(7-4-13(15,16)5-7)10-8(12)9(17-3)18-11(14)19-10/h14-17H,5-12H2,1-4H3,(H,27,28,29);7H,4-6H2,1-3H3,(H,17,18,19). The molecule has 6 aliphatic rings. The van der Waals surface area contributed by atoms with Gasteiger partial charge >= 0.3 is 6.01 Å². The van der Waals surface area contributed by atoms with Crippen LogP contribution in [0.4, 0.5) is 46.8 Å². The van der Waals surface area contributed by atoms with Gasteiger partial charge < -0.3 is 29.8 Å². The third-order valence-corrected chi connectivity index (χ3v) is 12.7. The number of nitrogens with zero attached hydrogens (tertiary/aromatic N) is 9. The summed E-state index contributed by atoms with van der Waals surface area (Å²) in [6.45, 7) is 13.4. The highest BCUT2D eigenvalue weighted by Crippen LogP contribution is 2.52. The molecule has 3 saturated carbocycles. The molecule has 2 atom stereocenters. The Morgan fingerprint density at radius 2 is 1.24 bits per heavy atom. The van der Waals surface area contributed by atoms with Crippen LogP contribution in [0.5, 0.6) is 0 Å². The van der Waals surface area contributed by atoms with Crippen LogP contribution in [0.3, 0.4) is 0 Å². The summed E-state index contributed by atoms with van der Waals surface area (Å²) in [6.07, 6.45) is 2.77. The number of hydrogen-bond donors (Lipinski definition) is 2. The van der Waals surface area contributed by atoms with Crippen LogP contribution in [-0.4, -0.2) is 94.3 Å². The summed E-state index contributed by atoms with van der Waals surface area (Å²) < 4.78 is 59.4. The molecular formula is C37H50ClF4N11O. The highest BCUT2D eigenvalue weighted by Gasteiger charge is 2.54. The zero-order chi connectivity index (χ0) is 38.5. The predicted molar refractivity (Wildman–Crippen MR) is 200 cm³/mol. The molecule has 2 bridgehead atoms. The van der Waals surface area contributed by atoms with E-state index < -0.39 is 11.8 Å². The average molecular weight is 776 g/mol. The maximum Gasteiger partial charge on any atom is 0.318 e. The van der Waals surface area contributed by atoms with Gasteiger partial charge in [-0.3, -0.25) is 0 Å². The normalized spacial score (nSPS) is 27.1. The van der Waals surface area contributed by atoms with E-state index in [1.54, 1.807) is 7.05 Å². The van der Waals surface area contributed by atoms with Gasteiger partial charge in [-0.15, -0.1) is 5.10 Å². The molecule has 0 spiro atoms. The van der Waals surface area contributed by atoms with Crippen molar-refractivity contribution in [3.05, 3.63) is 28.1 Å². The maximum atomic E-state index is 13.7. The molecule has 2 unspecified atom stereocenters. The zero-order valence-electron chi connectivity index (χ0n) is 32.0. The lowest BCUT2D eigenvalue weighted by Gasteiger charge is -2.42. The fraction of sp³-hybridized carbons (Fsp3) is 0.730. The summed E-state index contributed by atoms with van der Waals surface area (Å²) >= 11 is 5.95. The van der Waals surface area contributed by atoms with Gasteiger partial charge in [-0.05, 0) is 42.2 Å². The summed E-state index contributed by atoms with van der Waals surface area (Å²) in [5.41, 5.74) is 1.63. The SMILES string of the molecule is CNc1nc(CC2C3CCC2CN(c2nnc(C)o2)C3)nc2c1C(C)(C)CN2C1CC(F)(F)C1.CNc1nc(Cl)nc2c1C(C)(C)CN2C1CC(F)(F)C1. The summed E-state index contributed by atoms with van der Waals surface area (Å²) in [5, 5.41) is 14.7. The lowest BCUT2D eigenvalue weighted by atomic mass is 9.82. The molecule has 0 amide bonds. The van der Waals surface area contributed by atoms with Crippen molar-refractivity contribution in [2.24, 2.45) is 17.8 Å². The molecule has 2 N–H and O–H groups in total. The lowest BCUT2D eigenvalue weighted by Crippen LogP contribution is -2.51. The van der Waals surface area contributed by atoms with E-state index in [0.29, 0.717) is 54.4 Å². The molecule has 294 valence electrons. The van der Waals surface area contributed by atoms with Gasteiger partial charge in [-0.2, -0.15) is 0 Å². The van der Waals surface area contributed by atoms with E-state index in [1.807, 2.05) is 18.9 Å². The fourth-order valence-corrected chi connectivity index (χ4v) is 10.1. The van der Waals surface area contributed by atoms with Crippen molar-refractivity contribution in [3.8, 4) is 0 Å². The Labute approximate surface area is 318 Å². The Morgan fingerprint density at radius 1 is 0.741 bits per heavy atom. The van der Waals surface area contributed by atoms with Gasteiger partial charge in [0.1, 0.15) is 29.1 Å². The number of aryl methyl sites for hydroxylation is 1. The lowest BCUT2D eigenvalue weighted by molar-refractivity contribution is -0.0865. The van der Waals surface area contributed by atoms with Gasteiger partial charge in [0.2, 0.25) is 11.2 Å². The monoisotopic (exact) mass is 775 g/mol. The Kier molecular flexibility index (Phi) is 8.92. The van der Waals surface area contributed by atoms with Crippen molar-refractivity contribution in [2.45, 2.75) is 114 Å². The van der Waals surface area contributed by atoms with Crippen molar-refractivity contribution < 1.29 is 22.0 Å². The molecule has 3 aromatic rings. The Morgan fingerprint density at radius 3 is 1.70 bits per heavy atom. The van der Waals surface area contributed by atoms with Gasteiger partial charge in [-0.1, -0.05) is 32.8 Å². The topological polar surface area (TPSA) is 124 Å². The molecule has 4 fully saturated rings. The molecule has 9 rings (SSSR count). The molecule has 0 aromatic carbocycles. The van der Waals surface area contributed by atoms with Gasteiger partial charge in [0.05, 0.1) is 0 Å². The fourth-order valence-electron chi connectivity index (χ4n) is 9.94. The van der Waals surface area contributed by atoms with Crippen LogP contribution in [-0.2, 0) is 17.3 Å². The van der Waals surface area contributed by atoms with Crippen LogP contribution in [0.2, 0.25) is 5.28 Å². The third kappa shape index (κ3) is 6.57. The average Bonchev–Trinajstić information content (AvgIpc) is 3.76. The summed E-state index contributed by atoms with van der Waals surface area (Å²) in [5.74, 6) is 0.933. The quantitative estimate of drug-likeness (QED) is 0.192. The third-order valence-electron chi connectivity index (χ3n) is 12.6. The number of alkyl halides is 4. The first kappa shape index (κ1) is 37.2. The number of anilines is 5. The minimum atomic E-state index is -2.55. The minimum Gasteiger partial charge on any atom is -0.408 e. The smallest absolute Gasteiger partial charge is 0.318 e. The molecule has 12 nitrogen and oxygen atoms in total. The van der Waals surface area contributed by atoms with Crippen molar-refractivity contribution >= 4 is 40.9 Å². The first-order valence-electron chi connectivity index (χ1n) is 19.1. The highest BCUT2D eigenvalue weighted by molar-refractivity contribution is 6.28. The first-order chi connectivity index (χ1) is 25.4. The van der Waals surface area contributed by atoms with E-state index in [0.717, 1.165) is 48.1 Å². The largest absolute Gasteiger partial charge is 0.408 e. The Hall–Kier alpha value is -3.69. The van der Waals surface area contributed by atoms with Crippen molar-refractivity contribution in [1.29, 1.82) is 0 Å². The van der Waals surface area contributed by atoms with Crippen LogP contribution in [0.1, 0.15) is 89.1 Å². The summed E-state index contributed by atoms with van der Waals surface area (Å²) in [4.78, 5) is 24.8. The number of rotatable bonds is 7. The number of fused-ring (bicyclic) bond motifs is 4. The number of aromatic nitrogens is 6. The van der Waals surface area contributed by atoms with Crippen molar-refractivity contribution in [1.82, 2.24) is 30.1 Å². The second-order valence-electron chi connectivity index (χ2n) is 17.6. The molecule has 54 heavy (non-hydrogen) atoms. The van der Waals surface area contributed by atoms with Crippen LogP contribution in [0.15, 0.2) is 4.42 Å². The minimum absolute atomic E-state index is 0.0888. The van der Waals surface area contributed by atoms with E-state index in [2.05, 4.69) is 68.3 Å². The van der Waals surface area contributed by atoms with Crippen molar-refractivity contribution in [3.63, 3.8) is 0 Å². The van der Waals surface area contributed by atoms with E-state index in [4.69, 9.17) is 26.0 Å². The zero-order valence-corrected chi connectivity index (χ0v) is 32.7. The number of hydrogen-bond acceptors (Lipinski definition) is 12. The number of piperidine rings is 1. The van der Waals surface area contributed by atoms with Gasteiger partial charge in [0.15, 0.2) is 0 Å². The van der Waals surface area contributed by atoms with Gasteiger partial charge in [-0.25, -0.2) is 37.5 Å². The molecule has 3 aliphatic carbocycles. The molecule has 6 heterocycles. The Bertz CT molecular complexity index is 1890. The predicted octanol–water partition coefficient (Wildman–Crippen LogP) is 6.88. The van der Waals surface area contributed by atoms with E-state index in [1.165, 1.54) is 12.8 Å². The molecule has 3 aromatic heterocycles. The first-order valence-corrected chi connectivity index (χ1v) is 19.4. The van der Waals surface area contributed by atoms with Crippen LogP contribution >= 0.6 is 11.6 Å². The van der Waals surface area contributed by atoms with Crippen LogP contribution in [0.25, 0.3) is 0 Å². The molecule has 17 heteroatoms. The summed E-state index contributed by atoms with van der Waals surface area (Å²) in [7, 11) is 3.66. The second-order valence-corrected chi connectivity index (χ2v) is 17.9. The number of nitrogens with one attached hydrogen (secondary N) is 2. The van der Waals surface area contributed by atoms with Crippen LogP contribution in [0, 0.1) is 24.7 Å². The molecular weight excluding hydrogens is 726 g/mol. The molecule has 0 radical (unpaired) electrons. The van der Waals surface area contributed by atoms with E-state index >= 15 is 0 Å². The van der Waals surface area contributed by atoms with Crippen molar-refractivity contribution in [2.75, 3.05) is 65.6 Å². The van der Waals surface area contributed by atoms with E-state index in [9.17, 15) is 17.6 Å². The number of halogens is 5. The highest BCUT2D eigenvalue weighted by atomic mass is 35.5. The van der Waals surface area contributed by atoms with E-state index in [-0.39, 0.29) is 53.9 Å². The molecule has 3 aliphatic heterocycles. The Balaban J connectivity index is 0.000000176.